The highest BCUT2D eigenvalue weighted by molar-refractivity contribution is 6.12. The van der Waals surface area contributed by atoms with E-state index in [-0.39, 0.29) is 34.3 Å². The number of methoxy groups -OCH3 is 1. The highest BCUT2D eigenvalue weighted by Crippen LogP contribution is 2.40. The summed E-state index contributed by atoms with van der Waals surface area (Å²) in [6.07, 6.45) is 0. The van der Waals surface area contributed by atoms with Crippen LogP contribution in [0.3, 0.4) is 0 Å². The zero-order valence-corrected chi connectivity index (χ0v) is 22.7. The molecule has 6 rings (SSSR count). The maximum absolute atomic E-state index is 13.3. The maximum Gasteiger partial charge on any atom is 0.323 e. The average Bonchev–Trinajstić information content (AvgIpc) is 3.40. The number of nitrogens with one attached hydrogen (secondary N) is 4. The number of phenols is 1. The van der Waals surface area contributed by atoms with E-state index in [9.17, 15) is 19.5 Å². The first-order valence-corrected chi connectivity index (χ1v) is 13.1. The minimum atomic E-state index is -0.589. The molecule has 2 amide bonds. The van der Waals surface area contributed by atoms with Crippen LogP contribution >= 0.6 is 0 Å². The fourth-order valence-electron chi connectivity index (χ4n) is 4.64. The van der Waals surface area contributed by atoms with E-state index < -0.39 is 5.91 Å². The van der Waals surface area contributed by atoms with Crippen molar-refractivity contribution in [1.82, 2.24) is 9.97 Å². The highest BCUT2D eigenvalue weighted by atomic mass is 16.5. The van der Waals surface area contributed by atoms with E-state index in [4.69, 9.17) is 4.74 Å². The molecule has 0 atom stereocenters. The van der Waals surface area contributed by atoms with Crippen LogP contribution in [0.1, 0.15) is 20.7 Å². The van der Waals surface area contributed by atoms with Gasteiger partial charge in [-0.05, 0) is 60.0 Å². The summed E-state index contributed by atoms with van der Waals surface area (Å²) in [5, 5.41) is 26.7. The molecule has 1 heterocycles. The first-order valence-electron chi connectivity index (χ1n) is 13.1. The van der Waals surface area contributed by atoms with E-state index in [1.807, 2.05) is 18.2 Å². The fraction of sp³-hybridized carbons (Fsp3) is 0.0312. The molecule has 6 aromatic rings. The van der Waals surface area contributed by atoms with Crippen LogP contribution in [-0.4, -0.2) is 34.0 Å². The molecule has 5 aromatic carbocycles. The Balaban J connectivity index is 1.35. The molecule has 5 N–H and O–H groups in total. The van der Waals surface area contributed by atoms with Gasteiger partial charge in [0.05, 0.1) is 23.7 Å². The SMILES string of the molecule is COc1ccc(C(=O)Nc2ccccc2)cc1/N=N/c1c(O)c(C(=O)Nc2ccc3[nH]c(=O)[nH]c3c2)cc2ccccc12. The Morgan fingerprint density at radius 3 is 2.33 bits per heavy atom. The molecule has 0 unspecified atom stereocenters. The standard InChI is InChI=1S/C32H24N6O5/c1-43-27-14-11-19(30(40)33-20-8-3-2-4-9-20)16-26(27)37-38-28-22-10-6-5-7-18(22)15-23(29(28)39)31(41)34-21-12-13-24-25(17-21)36-32(42)35-24/h2-17,39H,1H3,(H,33,40)(H,34,41)(H2,35,36,42)/b38-37+. The number of rotatable bonds is 7. The van der Waals surface area contributed by atoms with Crippen molar-refractivity contribution in [3.05, 3.63) is 119 Å². The van der Waals surface area contributed by atoms with Crippen molar-refractivity contribution in [2.24, 2.45) is 10.2 Å². The van der Waals surface area contributed by atoms with Crippen LogP contribution in [0.15, 0.2) is 112 Å². The summed E-state index contributed by atoms with van der Waals surface area (Å²) in [4.78, 5) is 43.1. The van der Waals surface area contributed by atoms with Crippen LogP contribution < -0.4 is 21.1 Å². The van der Waals surface area contributed by atoms with Gasteiger partial charge in [-0.3, -0.25) is 9.59 Å². The first-order chi connectivity index (χ1) is 20.9. The Morgan fingerprint density at radius 2 is 1.51 bits per heavy atom. The summed E-state index contributed by atoms with van der Waals surface area (Å²) in [6, 6.07) is 27.4. The lowest BCUT2D eigenvalue weighted by molar-refractivity contribution is 0.101. The smallest absolute Gasteiger partial charge is 0.323 e. The molecule has 11 nitrogen and oxygen atoms in total. The second-order valence-corrected chi connectivity index (χ2v) is 9.54. The van der Waals surface area contributed by atoms with Crippen molar-refractivity contribution in [3.63, 3.8) is 0 Å². The average molecular weight is 573 g/mol. The van der Waals surface area contributed by atoms with E-state index in [2.05, 4.69) is 30.8 Å². The molecule has 0 fully saturated rings. The lowest BCUT2D eigenvalue weighted by Crippen LogP contribution is -2.12. The zero-order valence-electron chi connectivity index (χ0n) is 22.7. The van der Waals surface area contributed by atoms with Crippen molar-refractivity contribution in [2.75, 3.05) is 17.7 Å². The number of nitrogens with zero attached hydrogens (tertiary/aromatic N) is 2. The summed E-state index contributed by atoms with van der Waals surface area (Å²) in [6.45, 7) is 0. The number of aromatic amines is 2. The lowest BCUT2D eigenvalue weighted by Gasteiger charge is -2.12. The van der Waals surface area contributed by atoms with Gasteiger partial charge in [-0.15, -0.1) is 10.2 Å². The number of phenolic OH excluding ortho intramolecular Hbond substituents is 1. The number of H-pyrrole nitrogens is 2. The second kappa shape index (κ2) is 11.3. The first kappa shape index (κ1) is 27.0. The fourth-order valence-corrected chi connectivity index (χ4v) is 4.64. The monoisotopic (exact) mass is 572 g/mol. The molecule has 0 aliphatic heterocycles. The van der Waals surface area contributed by atoms with E-state index in [1.165, 1.54) is 13.2 Å². The van der Waals surface area contributed by atoms with Crippen molar-refractivity contribution in [2.45, 2.75) is 0 Å². The maximum atomic E-state index is 13.3. The molecule has 0 aliphatic carbocycles. The summed E-state index contributed by atoms with van der Waals surface area (Å²) in [5.41, 5.74) is 2.41. The molecule has 212 valence electrons. The number of benzene rings is 5. The number of aromatic nitrogens is 2. The zero-order chi connectivity index (χ0) is 29.9. The number of ether oxygens (including phenoxy) is 1. The Kier molecular flexibility index (Phi) is 7.11. The number of fused-ring (bicyclic) bond motifs is 2. The van der Waals surface area contributed by atoms with Crippen molar-refractivity contribution in [1.29, 1.82) is 0 Å². The van der Waals surface area contributed by atoms with Crippen molar-refractivity contribution < 1.29 is 19.4 Å². The minimum Gasteiger partial charge on any atom is -0.505 e. The van der Waals surface area contributed by atoms with Crippen molar-refractivity contribution in [3.8, 4) is 11.5 Å². The van der Waals surface area contributed by atoms with Crippen LogP contribution in [0.4, 0.5) is 22.7 Å². The molecule has 11 heteroatoms. The van der Waals surface area contributed by atoms with Gasteiger partial charge in [-0.1, -0.05) is 42.5 Å². The molecule has 0 radical (unpaired) electrons. The number of anilines is 2. The Hall–Kier alpha value is -6.23. The molecule has 0 aliphatic rings. The molecule has 0 bridgehead atoms. The number of para-hydroxylation sites is 1. The molecular formula is C32H24N6O5. The largest absolute Gasteiger partial charge is 0.505 e. The third-order valence-corrected chi connectivity index (χ3v) is 6.74. The van der Waals surface area contributed by atoms with E-state index in [0.717, 1.165) is 0 Å². The quantitative estimate of drug-likeness (QED) is 0.135. The normalized spacial score (nSPS) is 11.2. The predicted molar refractivity (Wildman–Crippen MR) is 164 cm³/mol. The van der Waals surface area contributed by atoms with Crippen LogP contribution in [-0.2, 0) is 0 Å². The van der Waals surface area contributed by atoms with Gasteiger partial charge in [0.15, 0.2) is 5.75 Å². The predicted octanol–water partition coefficient (Wildman–Crippen LogP) is 6.64. The summed E-state index contributed by atoms with van der Waals surface area (Å²) < 4.78 is 5.43. The molecule has 1 aromatic heterocycles. The van der Waals surface area contributed by atoms with Gasteiger partial charge in [0.1, 0.15) is 17.1 Å². The van der Waals surface area contributed by atoms with Gasteiger partial charge in [-0.25, -0.2) is 4.79 Å². The van der Waals surface area contributed by atoms with Gasteiger partial charge < -0.3 is 30.4 Å². The number of hydrogen-bond acceptors (Lipinski definition) is 7. The number of azo groups is 1. The molecule has 0 saturated carbocycles. The van der Waals surface area contributed by atoms with Gasteiger partial charge >= 0.3 is 5.69 Å². The van der Waals surface area contributed by atoms with E-state index in [0.29, 0.717) is 44.5 Å². The van der Waals surface area contributed by atoms with Gasteiger partial charge in [0.2, 0.25) is 0 Å². The third-order valence-electron chi connectivity index (χ3n) is 6.74. The van der Waals surface area contributed by atoms with Crippen LogP contribution in [0.25, 0.3) is 21.8 Å². The van der Waals surface area contributed by atoms with Crippen LogP contribution in [0.5, 0.6) is 11.5 Å². The molecular weight excluding hydrogens is 548 g/mol. The molecule has 43 heavy (non-hydrogen) atoms. The Bertz CT molecular complexity index is 2100. The summed E-state index contributed by atoms with van der Waals surface area (Å²) in [5.74, 6) is -0.961. The van der Waals surface area contributed by atoms with Gasteiger partial charge in [-0.2, -0.15) is 0 Å². The van der Waals surface area contributed by atoms with Crippen LogP contribution in [0.2, 0.25) is 0 Å². The van der Waals surface area contributed by atoms with Crippen molar-refractivity contribution >= 4 is 56.4 Å². The Morgan fingerprint density at radius 1 is 0.767 bits per heavy atom. The third kappa shape index (κ3) is 5.55. The van der Waals surface area contributed by atoms with E-state index in [1.54, 1.807) is 72.8 Å². The Labute approximate surface area is 243 Å². The van der Waals surface area contributed by atoms with Gasteiger partial charge in [0, 0.05) is 22.3 Å². The molecule has 0 spiro atoms. The number of carbonyl (C=O) groups is 2. The molecule has 0 saturated heterocycles. The highest BCUT2D eigenvalue weighted by Gasteiger charge is 2.19. The number of hydrogen-bond donors (Lipinski definition) is 5. The number of amides is 2. The number of aromatic hydroxyl groups is 1. The lowest BCUT2D eigenvalue weighted by atomic mass is 10.0. The topological polar surface area (TPSA) is 161 Å². The number of imidazole rings is 1. The van der Waals surface area contributed by atoms with Crippen LogP contribution in [0, 0.1) is 0 Å². The summed E-state index contributed by atoms with van der Waals surface area (Å²) >= 11 is 0. The minimum absolute atomic E-state index is 0.0294. The van der Waals surface area contributed by atoms with Gasteiger partial charge in [0.25, 0.3) is 11.8 Å². The van der Waals surface area contributed by atoms with E-state index >= 15 is 0 Å². The second-order valence-electron chi connectivity index (χ2n) is 9.54. The number of carbonyl (C=O) groups excluding carboxylic acids is 2. The summed E-state index contributed by atoms with van der Waals surface area (Å²) in [7, 11) is 1.47.